The van der Waals surface area contributed by atoms with Crippen LogP contribution < -0.4 is 5.32 Å². The number of aliphatic carboxylic acids is 1. The van der Waals surface area contributed by atoms with E-state index in [0.29, 0.717) is 19.5 Å². The second-order valence-electron chi connectivity index (χ2n) is 6.73. The molecule has 1 aromatic rings. The lowest BCUT2D eigenvalue weighted by Crippen LogP contribution is -2.54. The van der Waals surface area contributed by atoms with Crippen LogP contribution in [0, 0.1) is 5.92 Å². The van der Waals surface area contributed by atoms with Crippen LogP contribution in [-0.4, -0.2) is 46.8 Å². The van der Waals surface area contributed by atoms with Gasteiger partial charge >= 0.3 is 12.1 Å². The van der Waals surface area contributed by atoms with Crippen molar-refractivity contribution >= 4 is 12.1 Å². The molecule has 0 saturated carbocycles. The Bertz CT molecular complexity index is 535. The second kappa shape index (κ2) is 7.04. The summed E-state index contributed by atoms with van der Waals surface area (Å²) in [6.45, 7) is 6.44. The molecule has 2 N–H and O–H groups in total. The van der Waals surface area contributed by atoms with Gasteiger partial charge in [-0.1, -0.05) is 0 Å². The van der Waals surface area contributed by atoms with Crippen LogP contribution in [0.25, 0.3) is 0 Å². The van der Waals surface area contributed by atoms with Crippen LogP contribution in [0.1, 0.15) is 33.0 Å². The first-order valence-corrected chi connectivity index (χ1v) is 7.73. The molecule has 2 heterocycles. The van der Waals surface area contributed by atoms with Crippen LogP contribution in [0.5, 0.6) is 0 Å². The van der Waals surface area contributed by atoms with Crippen molar-refractivity contribution in [2.75, 3.05) is 13.1 Å². The van der Waals surface area contributed by atoms with Gasteiger partial charge in [0, 0.05) is 19.1 Å². The topological polar surface area (TPSA) is 92.0 Å². The van der Waals surface area contributed by atoms with Gasteiger partial charge in [-0.3, -0.25) is 4.79 Å². The molecule has 128 valence electrons. The molecule has 23 heavy (non-hydrogen) atoms. The van der Waals surface area contributed by atoms with E-state index in [4.69, 9.17) is 9.15 Å². The highest BCUT2D eigenvalue weighted by Gasteiger charge is 2.37. The number of likely N-dealkylation sites (tertiary alicyclic amines) is 1. The number of carbonyl (C=O) groups is 2. The van der Waals surface area contributed by atoms with Gasteiger partial charge in [0.05, 0.1) is 18.7 Å². The van der Waals surface area contributed by atoms with Gasteiger partial charge in [0.15, 0.2) is 0 Å². The maximum atomic E-state index is 12.1. The number of carbonyl (C=O) groups excluding carboxylic acids is 1. The maximum Gasteiger partial charge on any atom is 0.410 e. The number of hydrogen-bond acceptors (Lipinski definition) is 5. The van der Waals surface area contributed by atoms with Crippen LogP contribution >= 0.6 is 0 Å². The quantitative estimate of drug-likeness (QED) is 0.881. The second-order valence-corrected chi connectivity index (χ2v) is 6.73. The smallest absolute Gasteiger partial charge is 0.410 e. The zero-order valence-electron chi connectivity index (χ0n) is 13.7. The van der Waals surface area contributed by atoms with E-state index in [1.54, 1.807) is 33.1 Å². The minimum Gasteiger partial charge on any atom is -0.481 e. The Balaban J connectivity index is 1.94. The van der Waals surface area contributed by atoms with Crippen molar-refractivity contribution in [1.82, 2.24) is 10.2 Å². The van der Waals surface area contributed by atoms with Crippen LogP contribution in [0.15, 0.2) is 22.8 Å². The Hall–Kier alpha value is -2.02. The molecular weight excluding hydrogens is 300 g/mol. The number of carboxylic acids is 1. The first kappa shape index (κ1) is 17.3. The molecule has 0 radical (unpaired) electrons. The number of nitrogens with one attached hydrogen (secondary N) is 1. The van der Waals surface area contributed by atoms with E-state index < -0.39 is 23.6 Å². The average Bonchev–Trinajstić information content (AvgIpc) is 2.96. The van der Waals surface area contributed by atoms with Crippen LogP contribution in [0.3, 0.4) is 0 Å². The van der Waals surface area contributed by atoms with E-state index in [2.05, 4.69) is 5.32 Å². The minimum absolute atomic E-state index is 0.139. The third kappa shape index (κ3) is 4.99. The Kier molecular flexibility index (Phi) is 5.30. The predicted molar refractivity (Wildman–Crippen MR) is 82.9 cm³/mol. The van der Waals surface area contributed by atoms with Gasteiger partial charge in [-0.2, -0.15) is 0 Å². The lowest BCUT2D eigenvalue weighted by atomic mass is 9.92. The summed E-state index contributed by atoms with van der Waals surface area (Å²) in [5, 5.41) is 12.7. The van der Waals surface area contributed by atoms with E-state index in [0.717, 1.165) is 5.76 Å². The number of rotatable bonds is 4. The Morgan fingerprint density at radius 2 is 2.22 bits per heavy atom. The van der Waals surface area contributed by atoms with Crippen molar-refractivity contribution in [2.24, 2.45) is 5.92 Å². The first-order valence-electron chi connectivity index (χ1n) is 7.73. The normalized spacial score (nSPS) is 22.0. The zero-order chi connectivity index (χ0) is 17.0. The molecule has 1 fully saturated rings. The molecule has 2 atom stereocenters. The van der Waals surface area contributed by atoms with Crippen LogP contribution in [0.2, 0.25) is 0 Å². The van der Waals surface area contributed by atoms with Crippen molar-refractivity contribution < 1.29 is 23.8 Å². The number of piperidine rings is 1. The van der Waals surface area contributed by atoms with E-state index in [1.165, 1.54) is 4.90 Å². The van der Waals surface area contributed by atoms with Crippen molar-refractivity contribution in [1.29, 1.82) is 0 Å². The third-order valence-corrected chi connectivity index (χ3v) is 3.70. The fourth-order valence-electron chi connectivity index (χ4n) is 2.58. The SMILES string of the molecule is CC(C)(C)OC(=O)N1CCC(NCc2ccco2)C(C(=O)O)C1. The standard InChI is InChI=1S/C16H24N2O5/c1-16(2,3)23-15(21)18-7-6-13(12(10-18)14(19)20)17-9-11-5-4-8-22-11/h4-5,8,12-13,17H,6-7,9-10H2,1-3H3,(H,19,20). The molecule has 1 aliphatic heterocycles. The Morgan fingerprint density at radius 3 is 2.78 bits per heavy atom. The third-order valence-electron chi connectivity index (χ3n) is 3.70. The van der Waals surface area contributed by atoms with Crippen LogP contribution in [0.4, 0.5) is 4.79 Å². The van der Waals surface area contributed by atoms with Gasteiger partial charge in [-0.15, -0.1) is 0 Å². The minimum atomic E-state index is -0.921. The zero-order valence-corrected chi connectivity index (χ0v) is 13.7. The van der Waals surface area contributed by atoms with E-state index in [9.17, 15) is 14.7 Å². The number of nitrogens with zero attached hydrogens (tertiary/aromatic N) is 1. The van der Waals surface area contributed by atoms with Crippen molar-refractivity contribution in [3.63, 3.8) is 0 Å². The molecular formula is C16H24N2O5. The molecule has 2 rings (SSSR count). The molecule has 7 nitrogen and oxygen atoms in total. The largest absolute Gasteiger partial charge is 0.481 e. The summed E-state index contributed by atoms with van der Waals surface area (Å²) < 4.78 is 10.6. The fourth-order valence-corrected chi connectivity index (χ4v) is 2.58. The number of amides is 1. The predicted octanol–water partition coefficient (Wildman–Crippen LogP) is 2.08. The molecule has 0 aliphatic carbocycles. The highest BCUT2D eigenvalue weighted by Crippen LogP contribution is 2.21. The van der Waals surface area contributed by atoms with Gasteiger partial charge in [-0.05, 0) is 39.3 Å². The summed E-state index contributed by atoms with van der Waals surface area (Å²) in [6.07, 6.45) is 1.67. The van der Waals surface area contributed by atoms with Gasteiger partial charge < -0.3 is 24.5 Å². The molecule has 1 saturated heterocycles. The summed E-state index contributed by atoms with van der Waals surface area (Å²) in [7, 11) is 0. The average molecular weight is 324 g/mol. The van der Waals surface area contributed by atoms with Crippen molar-refractivity contribution in [3.05, 3.63) is 24.2 Å². The molecule has 1 aromatic heterocycles. The molecule has 0 bridgehead atoms. The number of furan rings is 1. The van der Waals surface area contributed by atoms with Gasteiger partial charge in [-0.25, -0.2) is 4.79 Å². The van der Waals surface area contributed by atoms with Gasteiger partial charge in [0.1, 0.15) is 11.4 Å². The van der Waals surface area contributed by atoms with Crippen molar-refractivity contribution in [3.8, 4) is 0 Å². The summed E-state index contributed by atoms with van der Waals surface area (Å²) in [6, 6.07) is 3.41. The van der Waals surface area contributed by atoms with Crippen LogP contribution in [-0.2, 0) is 16.1 Å². The Labute approximate surface area is 135 Å². The fraction of sp³-hybridized carbons (Fsp3) is 0.625. The highest BCUT2D eigenvalue weighted by molar-refractivity contribution is 5.74. The van der Waals surface area contributed by atoms with Gasteiger partial charge in [0.25, 0.3) is 0 Å². The molecule has 1 aliphatic rings. The number of ether oxygens (including phenoxy) is 1. The summed E-state index contributed by atoms with van der Waals surface area (Å²) in [4.78, 5) is 25.1. The van der Waals surface area contributed by atoms with E-state index >= 15 is 0 Å². The van der Waals surface area contributed by atoms with Crippen molar-refractivity contribution in [2.45, 2.75) is 45.4 Å². The molecule has 0 aromatic carbocycles. The summed E-state index contributed by atoms with van der Waals surface area (Å²) >= 11 is 0. The number of carboxylic acid groups (broad SMARTS) is 1. The number of hydrogen-bond donors (Lipinski definition) is 2. The summed E-state index contributed by atoms with van der Waals surface area (Å²) in [5.41, 5.74) is -0.593. The maximum absolute atomic E-state index is 12.1. The lowest BCUT2D eigenvalue weighted by molar-refractivity contribution is -0.144. The summed E-state index contributed by atoms with van der Waals surface area (Å²) in [5.74, 6) is -0.842. The lowest BCUT2D eigenvalue weighted by Gasteiger charge is -2.37. The highest BCUT2D eigenvalue weighted by atomic mass is 16.6. The molecule has 7 heteroatoms. The van der Waals surface area contributed by atoms with Gasteiger partial charge in [0.2, 0.25) is 0 Å². The monoisotopic (exact) mass is 324 g/mol. The van der Waals surface area contributed by atoms with E-state index in [1.807, 2.05) is 6.07 Å². The van der Waals surface area contributed by atoms with E-state index in [-0.39, 0.29) is 12.6 Å². The molecule has 1 amide bonds. The molecule has 0 spiro atoms. The molecule has 2 unspecified atom stereocenters. The Morgan fingerprint density at radius 1 is 1.48 bits per heavy atom. The first-order chi connectivity index (χ1) is 10.8.